The summed E-state index contributed by atoms with van der Waals surface area (Å²) in [6.07, 6.45) is 0.482. The summed E-state index contributed by atoms with van der Waals surface area (Å²) in [5.41, 5.74) is -1.03. The normalized spacial score (nSPS) is 18.7. The first-order chi connectivity index (χ1) is 9.91. The van der Waals surface area contributed by atoms with Crippen molar-refractivity contribution in [1.29, 1.82) is 0 Å². The second-order valence-corrected chi connectivity index (χ2v) is 5.47. The Morgan fingerprint density at radius 1 is 1.19 bits per heavy atom. The zero-order valence-corrected chi connectivity index (χ0v) is 11.6. The molecular formula is C15H19F4NO. The van der Waals surface area contributed by atoms with Crippen molar-refractivity contribution in [2.45, 2.75) is 50.4 Å². The van der Waals surface area contributed by atoms with Gasteiger partial charge >= 0.3 is 6.18 Å². The maximum absolute atomic E-state index is 13.3. The van der Waals surface area contributed by atoms with Gasteiger partial charge in [-0.15, -0.1) is 0 Å². The highest BCUT2D eigenvalue weighted by atomic mass is 19.4. The van der Waals surface area contributed by atoms with Crippen LogP contribution in [0.25, 0.3) is 0 Å². The summed E-state index contributed by atoms with van der Waals surface area (Å²) in [7, 11) is 0. The van der Waals surface area contributed by atoms with Crippen LogP contribution in [0.1, 0.15) is 49.3 Å². The molecule has 0 amide bonds. The van der Waals surface area contributed by atoms with Gasteiger partial charge in [0.1, 0.15) is 5.82 Å². The third-order valence-corrected chi connectivity index (χ3v) is 3.92. The van der Waals surface area contributed by atoms with Crippen LogP contribution in [0, 0.1) is 5.82 Å². The van der Waals surface area contributed by atoms with Crippen molar-refractivity contribution in [3.63, 3.8) is 0 Å². The zero-order valence-electron chi connectivity index (χ0n) is 11.6. The minimum atomic E-state index is -4.73. The monoisotopic (exact) mass is 305 g/mol. The Balaban J connectivity index is 2.17. The van der Waals surface area contributed by atoms with Crippen LogP contribution in [0.3, 0.4) is 0 Å². The van der Waals surface area contributed by atoms with Gasteiger partial charge in [0.05, 0.1) is 18.2 Å². The molecule has 2 rings (SSSR count). The van der Waals surface area contributed by atoms with E-state index in [0.717, 1.165) is 44.2 Å². The Kier molecular flexibility index (Phi) is 5.22. The lowest BCUT2D eigenvalue weighted by atomic mass is 9.94. The topological polar surface area (TPSA) is 32.3 Å². The molecule has 0 heterocycles. The number of nitrogens with one attached hydrogen (secondary N) is 1. The Bertz CT molecular complexity index is 469. The van der Waals surface area contributed by atoms with Crippen molar-refractivity contribution in [3.8, 4) is 0 Å². The van der Waals surface area contributed by atoms with Crippen LogP contribution in [-0.4, -0.2) is 17.8 Å². The lowest BCUT2D eigenvalue weighted by molar-refractivity contribution is -0.140. The third kappa shape index (κ3) is 4.17. The van der Waals surface area contributed by atoms with E-state index in [4.69, 9.17) is 0 Å². The van der Waals surface area contributed by atoms with Gasteiger partial charge in [0.25, 0.3) is 0 Å². The Morgan fingerprint density at radius 3 is 2.43 bits per heavy atom. The quantitative estimate of drug-likeness (QED) is 0.829. The highest BCUT2D eigenvalue weighted by Crippen LogP contribution is 2.33. The maximum atomic E-state index is 13.3. The molecule has 0 spiro atoms. The molecule has 1 aromatic rings. The molecule has 1 saturated carbocycles. The van der Waals surface area contributed by atoms with E-state index in [0.29, 0.717) is 0 Å². The molecule has 1 aliphatic carbocycles. The summed E-state index contributed by atoms with van der Waals surface area (Å²) in [6, 6.07) is 2.47. The van der Waals surface area contributed by atoms with E-state index >= 15 is 0 Å². The van der Waals surface area contributed by atoms with E-state index in [9.17, 15) is 22.7 Å². The molecule has 1 aliphatic rings. The number of alkyl halides is 3. The number of hydrogen-bond donors (Lipinski definition) is 2. The minimum Gasteiger partial charge on any atom is -0.394 e. The summed E-state index contributed by atoms with van der Waals surface area (Å²) >= 11 is 0. The average Bonchev–Trinajstić information content (AvgIpc) is 2.45. The maximum Gasteiger partial charge on any atom is 0.419 e. The van der Waals surface area contributed by atoms with Gasteiger partial charge in [-0.25, -0.2) is 4.39 Å². The molecule has 0 aliphatic heterocycles. The van der Waals surface area contributed by atoms with Crippen molar-refractivity contribution < 1.29 is 22.7 Å². The molecule has 0 radical (unpaired) electrons. The van der Waals surface area contributed by atoms with E-state index < -0.39 is 23.6 Å². The number of aliphatic hydroxyl groups is 1. The van der Waals surface area contributed by atoms with Crippen LogP contribution in [0.2, 0.25) is 0 Å². The van der Waals surface area contributed by atoms with Crippen molar-refractivity contribution >= 4 is 0 Å². The molecule has 21 heavy (non-hydrogen) atoms. The number of hydrogen-bond acceptors (Lipinski definition) is 2. The molecule has 1 unspecified atom stereocenters. The molecule has 1 atom stereocenters. The van der Waals surface area contributed by atoms with E-state index in [1.54, 1.807) is 0 Å². The first kappa shape index (κ1) is 16.2. The van der Waals surface area contributed by atoms with Gasteiger partial charge in [-0.05, 0) is 30.5 Å². The lowest BCUT2D eigenvalue weighted by Crippen LogP contribution is -2.36. The molecule has 1 fully saturated rings. The molecule has 118 valence electrons. The third-order valence-electron chi connectivity index (χ3n) is 3.92. The van der Waals surface area contributed by atoms with E-state index in [1.165, 1.54) is 6.07 Å². The number of halogens is 4. The van der Waals surface area contributed by atoms with E-state index in [-0.39, 0.29) is 18.2 Å². The van der Waals surface area contributed by atoms with Crippen LogP contribution >= 0.6 is 0 Å². The second kappa shape index (κ2) is 6.75. The van der Waals surface area contributed by atoms with Crippen LogP contribution in [0.5, 0.6) is 0 Å². The molecule has 6 heteroatoms. The molecule has 1 aromatic carbocycles. The lowest BCUT2D eigenvalue weighted by Gasteiger charge is -2.28. The highest BCUT2D eigenvalue weighted by Gasteiger charge is 2.34. The van der Waals surface area contributed by atoms with Crippen LogP contribution in [0.15, 0.2) is 18.2 Å². The molecular weight excluding hydrogens is 286 g/mol. The predicted molar refractivity (Wildman–Crippen MR) is 71.2 cm³/mol. The van der Waals surface area contributed by atoms with Gasteiger partial charge in [0.15, 0.2) is 0 Å². The summed E-state index contributed by atoms with van der Waals surface area (Å²) in [4.78, 5) is 0. The number of benzene rings is 1. The van der Waals surface area contributed by atoms with Crippen molar-refractivity contribution in [1.82, 2.24) is 5.32 Å². The first-order valence-corrected chi connectivity index (χ1v) is 7.15. The summed E-state index contributed by atoms with van der Waals surface area (Å²) < 4.78 is 51.5. The van der Waals surface area contributed by atoms with Gasteiger partial charge in [0.2, 0.25) is 0 Å². The standard InChI is InChI=1S/C15H19F4NO/c16-13-7-6-10(8-12(13)15(17,18)19)14(9-21)20-11-4-2-1-3-5-11/h6-8,11,14,20-21H,1-5,9H2. The highest BCUT2D eigenvalue weighted by molar-refractivity contribution is 5.29. The van der Waals surface area contributed by atoms with E-state index in [1.807, 2.05) is 0 Å². The summed E-state index contributed by atoms with van der Waals surface area (Å²) in [6.45, 7) is -0.320. The van der Waals surface area contributed by atoms with Crippen molar-refractivity contribution in [3.05, 3.63) is 35.1 Å². The smallest absolute Gasteiger partial charge is 0.394 e. The van der Waals surface area contributed by atoms with Gasteiger partial charge in [0, 0.05) is 6.04 Å². The number of aliphatic hydroxyl groups excluding tert-OH is 1. The van der Waals surface area contributed by atoms with Gasteiger partial charge < -0.3 is 10.4 Å². The largest absolute Gasteiger partial charge is 0.419 e. The predicted octanol–water partition coefficient (Wildman–Crippen LogP) is 3.80. The Hall–Kier alpha value is -1.14. The van der Waals surface area contributed by atoms with Crippen molar-refractivity contribution in [2.75, 3.05) is 6.61 Å². The fourth-order valence-electron chi connectivity index (χ4n) is 2.78. The molecule has 0 bridgehead atoms. The van der Waals surface area contributed by atoms with Gasteiger partial charge in [-0.3, -0.25) is 0 Å². The summed E-state index contributed by atoms with van der Waals surface area (Å²) in [5.74, 6) is -1.29. The second-order valence-electron chi connectivity index (χ2n) is 5.47. The molecule has 0 saturated heterocycles. The fourth-order valence-corrected chi connectivity index (χ4v) is 2.78. The average molecular weight is 305 g/mol. The molecule has 2 nitrogen and oxygen atoms in total. The zero-order chi connectivity index (χ0) is 15.5. The van der Waals surface area contributed by atoms with Crippen LogP contribution < -0.4 is 5.32 Å². The molecule has 2 N–H and O–H groups in total. The minimum absolute atomic E-state index is 0.190. The van der Waals surface area contributed by atoms with Gasteiger partial charge in [-0.1, -0.05) is 25.3 Å². The van der Waals surface area contributed by atoms with Crippen LogP contribution in [-0.2, 0) is 6.18 Å². The van der Waals surface area contributed by atoms with E-state index in [2.05, 4.69) is 5.32 Å². The Morgan fingerprint density at radius 2 is 1.86 bits per heavy atom. The first-order valence-electron chi connectivity index (χ1n) is 7.15. The van der Waals surface area contributed by atoms with Gasteiger partial charge in [-0.2, -0.15) is 13.2 Å². The molecule has 0 aromatic heterocycles. The van der Waals surface area contributed by atoms with Crippen LogP contribution in [0.4, 0.5) is 17.6 Å². The number of rotatable bonds is 4. The Labute approximate surface area is 121 Å². The van der Waals surface area contributed by atoms with Crippen molar-refractivity contribution in [2.24, 2.45) is 0 Å². The summed E-state index contributed by atoms with van der Waals surface area (Å²) in [5, 5.41) is 12.6. The fraction of sp³-hybridized carbons (Fsp3) is 0.600. The SMILES string of the molecule is OCC(NC1CCCCC1)c1ccc(F)c(C(F)(F)F)c1.